The van der Waals surface area contributed by atoms with E-state index in [0.717, 1.165) is 22.2 Å². The summed E-state index contributed by atoms with van der Waals surface area (Å²) in [6.45, 7) is 7.23. The molecular weight excluding hydrogens is 378 g/mol. The second-order valence-corrected chi connectivity index (χ2v) is 8.19. The smallest absolute Gasteiger partial charge is 0.254 e. The first-order chi connectivity index (χ1) is 14.4. The third kappa shape index (κ3) is 3.92. The molecule has 3 heterocycles. The van der Waals surface area contributed by atoms with Gasteiger partial charge in [0.25, 0.3) is 5.91 Å². The summed E-state index contributed by atoms with van der Waals surface area (Å²) in [5.74, 6) is -0.0841. The standard InChI is InChI=1S/C23H27N5O2/c1-15(2)28-21-18(13-25-28)12-19(14-24-21)26-22(29)17-8-10-27(11-9-17)23(30)20-7-5-4-6-16(20)3/h4-7,12-15,17H,8-11H2,1-3H3,(H,26,29). The minimum Gasteiger partial charge on any atom is -0.339 e. The van der Waals surface area contributed by atoms with Crippen LogP contribution in [0.2, 0.25) is 0 Å². The molecule has 1 fully saturated rings. The van der Waals surface area contributed by atoms with Crippen molar-refractivity contribution in [1.82, 2.24) is 19.7 Å². The Hall–Kier alpha value is -3.22. The van der Waals surface area contributed by atoms with Gasteiger partial charge in [-0.15, -0.1) is 0 Å². The molecule has 1 N–H and O–H groups in total. The Morgan fingerprint density at radius 2 is 1.87 bits per heavy atom. The number of aromatic nitrogens is 3. The Kier molecular flexibility index (Phi) is 5.53. The highest BCUT2D eigenvalue weighted by molar-refractivity contribution is 5.96. The number of benzene rings is 1. The summed E-state index contributed by atoms with van der Waals surface area (Å²) in [6, 6.07) is 9.76. The van der Waals surface area contributed by atoms with E-state index in [0.29, 0.717) is 31.6 Å². The molecule has 4 rings (SSSR count). The van der Waals surface area contributed by atoms with E-state index in [-0.39, 0.29) is 23.8 Å². The first-order valence-electron chi connectivity index (χ1n) is 10.4. The molecule has 2 amide bonds. The van der Waals surface area contributed by atoms with E-state index in [4.69, 9.17) is 0 Å². The lowest BCUT2D eigenvalue weighted by Gasteiger charge is -2.31. The topological polar surface area (TPSA) is 80.1 Å². The number of fused-ring (bicyclic) bond motifs is 1. The average Bonchev–Trinajstić information content (AvgIpc) is 3.17. The molecule has 1 saturated heterocycles. The van der Waals surface area contributed by atoms with Crippen molar-refractivity contribution in [1.29, 1.82) is 0 Å². The van der Waals surface area contributed by atoms with Crippen molar-refractivity contribution in [2.24, 2.45) is 5.92 Å². The summed E-state index contributed by atoms with van der Waals surface area (Å²) in [6.07, 6.45) is 4.76. The average molecular weight is 406 g/mol. The minimum absolute atomic E-state index is 0.0182. The zero-order valence-corrected chi connectivity index (χ0v) is 17.6. The van der Waals surface area contributed by atoms with Gasteiger partial charge >= 0.3 is 0 Å². The molecule has 156 valence electrons. The summed E-state index contributed by atoms with van der Waals surface area (Å²) in [7, 11) is 0. The van der Waals surface area contributed by atoms with Gasteiger partial charge in [-0.25, -0.2) is 9.67 Å². The fourth-order valence-corrected chi connectivity index (χ4v) is 3.96. The maximum Gasteiger partial charge on any atom is 0.254 e. The van der Waals surface area contributed by atoms with Crippen LogP contribution in [0.3, 0.4) is 0 Å². The number of carbonyl (C=O) groups is 2. The van der Waals surface area contributed by atoms with Gasteiger partial charge in [-0.05, 0) is 51.3 Å². The van der Waals surface area contributed by atoms with Gasteiger partial charge in [-0.1, -0.05) is 18.2 Å². The van der Waals surface area contributed by atoms with Gasteiger partial charge in [0.15, 0.2) is 5.65 Å². The van der Waals surface area contributed by atoms with E-state index in [9.17, 15) is 9.59 Å². The Morgan fingerprint density at radius 3 is 2.57 bits per heavy atom. The Bertz CT molecular complexity index is 1080. The lowest BCUT2D eigenvalue weighted by Crippen LogP contribution is -2.41. The Morgan fingerprint density at radius 1 is 1.13 bits per heavy atom. The van der Waals surface area contributed by atoms with E-state index >= 15 is 0 Å². The molecule has 7 nitrogen and oxygen atoms in total. The van der Waals surface area contributed by atoms with Crippen LogP contribution in [0.25, 0.3) is 11.0 Å². The quantitative estimate of drug-likeness (QED) is 0.716. The Balaban J connectivity index is 1.37. The molecule has 7 heteroatoms. The van der Waals surface area contributed by atoms with Crippen LogP contribution in [0.5, 0.6) is 0 Å². The van der Waals surface area contributed by atoms with E-state index in [1.165, 1.54) is 0 Å². The number of carbonyl (C=O) groups excluding carboxylic acids is 2. The van der Waals surface area contributed by atoms with Crippen molar-refractivity contribution in [2.75, 3.05) is 18.4 Å². The van der Waals surface area contributed by atoms with Crippen LogP contribution in [0, 0.1) is 12.8 Å². The number of nitrogens with one attached hydrogen (secondary N) is 1. The maximum atomic E-state index is 12.8. The molecule has 0 unspecified atom stereocenters. The van der Waals surface area contributed by atoms with Crippen LogP contribution in [0.15, 0.2) is 42.7 Å². The highest BCUT2D eigenvalue weighted by Crippen LogP contribution is 2.23. The summed E-state index contributed by atoms with van der Waals surface area (Å²) >= 11 is 0. The number of hydrogen-bond donors (Lipinski definition) is 1. The van der Waals surface area contributed by atoms with Crippen LogP contribution in [0.4, 0.5) is 5.69 Å². The third-order valence-electron chi connectivity index (χ3n) is 5.72. The largest absolute Gasteiger partial charge is 0.339 e. The zero-order valence-electron chi connectivity index (χ0n) is 17.6. The van der Waals surface area contributed by atoms with Crippen molar-refractivity contribution in [2.45, 2.75) is 39.7 Å². The fraction of sp³-hybridized carbons (Fsp3) is 0.391. The monoisotopic (exact) mass is 405 g/mol. The summed E-state index contributed by atoms with van der Waals surface area (Å²) in [5.41, 5.74) is 3.20. The van der Waals surface area contributed by atoms with E-state index in [1.807, 2.05) is 46.8 Å². The lowest BCUT2D eigenvalue weighted by atomic mass is 9.95. The van der Waals surface area contributed by atoms with Gasteiger partial charge in [0, 0.05) is 36.0 Å². The molecule has 0 bridgehead atoms. The number of hydrogen-bond acceptors (Lipinski definition) is 4. The van der Waals surface area contributed by atoms with Crippen LogP contribution in [0.1, 0.15) is 48.7 Å². The zero-order chi connectivity index (χ0) is 21.3. The van der Waals surface area contributed by atoms with E-state index < -0.39 is 0 Å². The van der Waals surface area contributed by atoms with Gasteiger partial charge in [0.05, 0.1) is 18.1 Å². The molecule has 1 aromatic carbocycles. The molecule has 2 aromatic heterocycles. The predicted molar refractivity (Wildman–Crippen MR) is 116 cm³/mol. The van der Waals surface area contributed by atoms with Gasteiger partial charge in [-0.2, -0.15) is 5.10 Å². The molecule has 1 aliphatic rings. The molecule has 0 spiro atoms. The second kappa shape index (κ2) is 8.26. The van der Waals surface area contributed by atoms with Crippen LogP contribution >= 0.6 is 0 Å². The number of pyridine rings is 1. The lowest BCUT2D eigenvalue weighted by molar-refractivity contribution is -0.121. The molecule has 3 aromatic rings. The van der Waals surface area contributed by atoms with Crippen molar-refractivity contribution < 1.29 is 9.59 Å². The van der Waals surface area contributed by atoms with Crippen molar-refractivity contribution >= 4 is 28.5 Å². The van der Waals surface area contributed by atoms with Crippen molar-refractivity contribution in [3.63, 3.8) is 0 Å². The number of piperidine rings is 1. The summed E-state index contributed by atoms with van der Waals surface area (Å²) < 4.78 is 1.86. The van der Waals surface area contributed by atoms with Gasteiger partial charge < -0.3 is 10.2 Å². The van der Waals surface area contributed by atoms with Gasteiger partial charge in [-0.3, -0.25) is 9.59 Å². The van der Waals surface area contributed by atoms with Crippen LogP contribution in [-0.4, -0.2) is 44.6 Å². The number of likely N-dealkylation sites (tertiary alicyclic amines) is 1. The van der Waals surface area contributed by atoms with E-state index in [2.05, 4.69) is 29.2 Å². The molecule has 30 heavy (non-hydrogen) atoms. The number of rotatable bonds is 4. The maximum absolute atomic E-state index is 12.8. The number of nitrogens with zero attached hydrogens (tertiary/aromatic N) is 4. The SMILES string of the molecule is Cc1ccccc1C(=O)N1CCC(C(=O)Nc2cnc3c(cnn3C(C)C)c2)CC1. The van der Waals surface area contributed by atoms with Crippen LogP contribution in [-0.2, 0) is 4.79 Å². The van der Waals surface area contributed by atoms with Gasteiger partial charge in [0.1, 0.15) is 0 Å². The first kappa shape index (κ1) is 20.1. The van der Waals surface area contributed by atoms with Crippen LogP contribution < -0.4 is 5.32 Å². The van der Waals surface area contributed by atoms with Crippen molar-refractivity contribution in [3.05, 3.63) is 53.9 Å². The molecule has 0 aliphatic carbocycles. The van der Waals surface area contributed by atoms with E-state index in [1.54, 1.807) is 12.4 Å². The minimum atomic E-state index is -0.111. The fourth-order valence-electron chi connectivity index (χ4n) is 3.96. The third-order valence-corrected chi connectivity index (χ3v) is 5.72. The van der Waals surface area contributed by atoms with Gasteiger partial charge in [0.2, 0.25) is 5.91 Å². The second-order valence-electron chi connectivity index (χ2n) is 8.19. The Labute approximate surface area is 176 Å². The number of anilines is 1. The molecular formula is C23H27N5O2. The predicted octanol–water partition coefficient (Wildman–Crippen LogP) is 3.81. The highest BCUT2D eigenvalue weighted by atomic mass is 16.2. The summed E-state index contributed by atoms with van der Waals surface area (Å²) in [5, 5.41) is 8.25. The normalized spacial score (nSPS) is 15.0. The molecule has 1 aliphatic heterocycles. The molecule has 0 saturated carbocycles. The highest BCUT2D eigenvalue weighted by Gasteiger charge is 2.28. The first-order valence-corrected chi connectivity index (χ1v) is 10.4. The number of aryl methyl sites for hydroxylation is 1. The number of amides is 2. The summed E-state index contributed by atoms with van der Waals surface area (Å²) in [4.78, 5) is 31.8. The van der Waals surface area contributed by atoms with Crippen molar-refractivity contribution in [3.8, 4) is 0 Å². The molecule has 0 atom stereocenters. The molecule has 0 radical (unpaired) electrons.